The highest BCUT2D eigenvalue weighted by Gasteiger charge is 2.34. The molecule has 31 heavy (non-hydrogen) atoms. The lowest BCUT2D eigenvalue weighted by Crippen LogP contribution is -2.45. The van der Waals surface area contributed by atoms with Gasteiger partial charge in [-0.1, -0.05) is 23.7 Å². The number of methoxy groups -OCH3 is 1. The van der Waals surface area contributed by atoms with Crippen molar-refractivity contribution in [3.63, 3.8) is 0 Å². The monoisotopic (exact) mass is 435 g/mol. The summed E-state index contributed by atoms with van der Waals surface area (Å²) in [5.41, 5.74) is 4.24. The Kier molecular flexibility index (Phi) is 5.08. The number of aromatic amines is 1. The van der Waals surface area contributed by atoms with Gasteiger partial charge in [0.05, 0.1) is 26.0 Å². The maximum absolute atomic E-state index is 13.2. The van der Waals surface area contributed by atoms with E-state index >= 15 is 0 Å². The minimum atomic E-state index is -0.252. The van der Waals surface area contributed by atoms with E-state index in [0.717, 1.165) is 34.3 Å². The van der Waals surface area contributed by atoms with E-state index in [-0.39, 0.29) is 12.1 Å². The smallest absolute Gasteiger partial charge is 0.318 e. The van der Waals surface area contributed by atoms with Gasteiger partial charge in [-0.15, -0.1) is 0 Å². The molecule has 0 bridgehead atoms. The zero-order valence-corrected chi connectivity index (χ0v) is 17.8. The quantitative estimate of drug-likeness (QED) is 0.458. The highest BCUT2D eigenvalue weighted by atomic mass is 35.5. The summed E-state index contributed by atoms with van der Waals surface area (Å²) in [5, 5.41) is 4.80. The zero-order chi connectivity index (χ0) is 21.4. The number of ether oxygens (including phenoxy) is 1. The highest BCUT2D eigenvalue weighted by molar-refractivity contribution is 6.31. The van der Waals surface area contributed by atoms with Crippen LogP contribution >= 0.6 is 11.6 Å². The van der Waals surface area contributed by atoms with Crippen molar-refractivity contribution in [1.82, 2.24) is 15.2 Å². The van der Waals surface area contributed by atoms with E-state index in [1.54, 1.807) is 13.4 Å². The number of hydrogen-bond acceptors (Lipinski definition) is 3. The fourth-order valence-electron chi connectivity index (χ4n) is 4.29. The Labute approximate surface area is 184 Å². The molecule has 6 nitrogen and oxygen atoms in total. The van der Waals surface area contributed by atoms with Crippen LogP contribution in [0.4, 0.5) is 4.79 Å². The van der Waals surface area contributed by atoms with Gasteiger partial charge < -0.3 is 24.4 Å². The topological polar surface area (TPSA) is 70.5 Å². The lowest BCUT2D eigenvalue weighted by Gasteiger charge is -2.36. The number of halogens is 1. The van der Waals surface area contributed by atoms with Crippen LogP contribution in [0.5, 0.6) is 5.75 Å². The maximum Gasteiger partial charge on any atom is 0.318 e. The van der Waals surface area contributed by atoms with E-state index in [1.807, 2.05) is 59.5 Å². The molecule has 0 aliphatic carbocycles. The number of amides is 2. The van der Waals surface area contributed by atoms with Crippen LogP contribution in [0.25, 0.3) is 10.9 Å². The van der Waals surface area contributed by atoms with Gasteiger partial charge in [-0.25, -0.2) is 4.79 Å². The second-order valence-corrected chi connectivity index (χ2v) is 8.00. The molecule has 0 saturated carbocycles. The number of aromatic nitrogens is 1. The van der Waals surface area contributed by atoms with Gasteiger partial charge in [0.25, 0.3) is 0 Å². The van der Waals surface area contributed by atoms with Crippen molar-refractivity contribution in [2.24, 2.45) is 0 Å². The largest absolute Gasteiger partial charge is 0.497 e. The molecule has 2 amide bonds. The number of carbonyl (C=O) groups is 1. The Morgan fingerprint density at radius 2 is 2.10 bits per heavy atom. The van der Waals surface area contributed by atoms with Crippen molar-refractivity contribution >= 4 is 28.5 Å². The van der Waals surface area contributed by atoms with Gasteiger partial charge in [0.15, 0.2) is 0 Å². The molecule has 3 heterocycles. The number of furan rings is 1. The molecule has 2 aromatic carbocycles. The van der Waals surface area contributed by atoms with Crippen molar-refractivity contribution in [3.05, 3.63) is 88.5 Å². The van der Waals surface area contributed by atoms with Gasteiger partial charge in [-0.05, 0) is 60.0 Å². The average molecular weight is 436 g/mol. The standard InChI is InChI=1S/C24H22ClN3O3/c1-30-17-7-4-15(5-8-17)23-22-19(20-13-16(25)6-9-21(20)27-22)10-11-28(23)24(29)26-14-18-3-2-12-31-18/h2-9,12-13,23,27H,10-11,14H2,1H3,(H,26,29). The number of hydrogen-bond donors (Lipinski definition) is 2. The molecule has 0 spiro atoms. The molecule has 2 N–H and O–H groups in total. The summed E-state index contributed by atoms with van der Waals surface area (Å²) in [7, 11) is 1.64. The second-order valence-electron chi connectivity index (χ2n) is 7.56. The Morgan fingerprint density at radius 3 is 2.84 bits per heavy atom. The number of urea groups is 1. The molecule has 0 saturated heterocycles. The third-order valence-corrected chi connectivity index (χ3v) is 6.01. The fraction of sp³-hybridized carbons (Fsp3) is 0.208. The third-order valence-electron chi connectivity index (χ3n) is 5.78. The molecule has 1 aliphatic rings. The fourth-order valence-corrected chi connectivity index (χ4v) is 4.46. The van der Waals surface area contributed by atoms with Crippen LogP contribution in [0.3, 0.4) is 0 Å². The Hall–Kier alpha value is -3.38. The number of fused-ring (bicyclic) bond motifs is 3. The summed E-state index contributed by atoms with van der Waals surface area (Å²) in [6.45, 7) is 0.931. The molecule has 0 radical (unpaired) electrons. The maximum atomic E-state index is 13.2. The number of H-pyrrole nitrogens is 1. The van der Waals surface area contributed by atoms with Crippen molar-refractivity contribution in [3.8, 4) is 5.75 Å². The molecular weight excluding hydrogens is 414 g/mol. The van der Waals surface area contributed by atoms with Crippen LogP contribution in [-0.2, 0) is 13.0 Å². The van der Waals surface area contributed by atoms with E-state index in [0.29, 0.717) is 23.9 Å². The predicted octanol–water partition coefficient (Wildman–Crippen LogP) is 5.28. The SMILES string of the molecule is COc1ccc(C2c3[nH]c4ccc(Cl)cc4c3CCN2C(=O)NCc2ccco2)cc1. The summed E-state index contributed by atoms with van der Waals surface area (Å²) in [4.78, 5) is 18.6. The van der Waals surface area contributed by atoms with Crippen LogP contribution in [0.2, 0.25) is 5.02 Å². The number of carbonyl (C=O) groups excluding carboxylic acids is 1. The molecular formula is C24H22ClN3O3. The number of nitrogens with one attached hydrogen (secondary N) is 2. The van der Waals surface area contributed by atoms with Crippen LogP contribution in [0, 0.1) is 0 Å². The second kappa shape index (κ2) is 8.04. The minimum absolute atomic E-state index is 0.139. The third kappa shape index (κ3) is 3.64. The van der Waals surface area contributed by atoms with Crippen molar-refractivity contribution < 1.29 is 13.9 Å². The van der Waals surface area contributed by atoms with E-state index in [9.17, 15) is 4.79 Å². The molecule has 2 aromatic heterocycles. The molecule has 1 atom stereocenters. The first kappa shape index (κ1) is 19.6. The molecule has 158 valence electrons. The Morgan fingerprint density at radius 1 is 1.26 bits per heavy atom. The molecule has 7 heteroatoms. The minimum Gasteiger partial charge on any atom is -0.497 e. The summed E-state index contributed by atoms with van der Waals surface area (Å²) in [6.07, 6.45) is 2.35. The van der Waals surface area contributed by atoms with E-state index in [4.69, 9.17) is 20.8 Å². The van der Waals surface area contributed by atoms with Crippen LogP contribution in [0.15, 0.2) is 65.3 Å². The summed E-state index contributed by atoms with van der Waals surface area (Å²) < 4.78 is 10.7. The van der Waals surface area contributed by atoms with Crippen molar-refractivity contribution in [1.29, 1.82) is 0 Å². The normalized spacial score (nSPS) is 15.7. The first-order valence-corrected chi connectivity index (χ1v) is 10.5. The average Bonchev–Trinajstić information content (AvgIpc) is 3.44. The van der Waals surface area contributed by atoms with Gasteiger partial charge >= 0.3 is 6.03 Å². The lowest BCUT2D eigenvalue weighted by atomic mass is 9.92. The van der Waals surface area contributed by atoms with Crippen LogP contribution in [0.1, 0.15) is 28.6 Å². The van der Waals surface area contributed by atoms with E-state index in [2.05, 4.69) is 10.3 Å². The number of rotatable bonds is 4. The predicted molar refractivity (Wildman–Crippen MR) is 119 cm³/mol. The molecule has 4 aromatic rings. The van der Waals surface area contributed by atoms with Crippen LogP contribution in [-0.4, -0.2) is 29.6 Å². The van der Waals surface area contributed by atoms with E-state index < -0.39 is 0 Å². The molecule has 5 rings (SSSR count). The zero-order valence-electron chi connectivity index (χ0n) is 17.0. The van der Waals surface area contributed by atoms with Gasteiger partial charge in [-0.3, -0.25) is 0 Å². The molecule has 1 aliphatic heterocycles. The molecule has 1 unspecified atom stereocenters. The number of benzene rings is 2. The van der Waals surface area contributed by atoms with Crippen molar-refractivity contribution in [2.45, 2.75) is 19.0 Å². The highest BCUT2D eigenvalue weighted by Crippen LogP contribution is 2.39. The van der Waals surface area contributed by atoms with E-state index in [1.165, 1.54) is 5.56 Å². The Balaban J connectivity index is 1.54. The summed E-state index contributed by atoms with van der Waals surface area (Å²) >= 11 is 6.26. The first-order valence-electron chi connectivity index (χ1n) is 10.1. The lowest BCUT2D eigenvalue weighted by molar-refractivity contribution is 0.178. The van der Waals surface area contributed by atoms with Gasteiger partial charge in [0.1, 0.15) is 11.5 Å². The summed E-state index contributed by atoms with van der Waals surface area (Å²) in [5.74, 6) is 1.49. The van der Waals surface area contributed by atoms with Gasteiger partial charge in [-0.2, -0.15) is 0 Å². The molecule has 0 fully saturated rings. The summed E-state index contributed by atoms with van der Waals surface area (Å²) in [6, 6.07) is 17.0. The Bertz CT molecular complexity index is 1220. The number of nitrogens with zero attached hydrogens (tertiary/aromatic N) is 1. The van der Waals surface area contributed by atoms with Crippen molar-refractivity contribution in [2.75, 3.05) is 13.7 Å². The van der Waals surface area contributed by atoms with Gasteiger partial charge in [0.2, 0.25) is 0 Å². The van der Waals surface area contributed by atoms with Crippen LogP contribution < -0.4 is 10.1 Å². The first-order chi connectivity index (χ1) is 15.1. The van der Waals surface area contributed by atoms with Gasteiger partial charge in [0, 0.05) is 28.2 Å².